The van der Waals surface area contributed by atoms with Crippen LogP contribution < -0.4 is 11.2 Å². The van der Waals surface area contributed by atoms with Crippen LogP contribution >= 0.6 is 0 Å². The number of hydrogen-bond acceptors (Lipinski definition) is 9. The largest absolute Gasteiger partial charge is 0.460 e. The van der Waals surface area contributed by atoms with Gasteiger partial charge in [0, 0.05) is 5.56 Å². The van der Waals surface area contributed by atoms with Gasteiger partial charge in [0.2, 0.25) is 11.6 Å². The van der Waals surface area contributed by atoms with Crippen LogP contribution in [0.15, 0.2) is 50.5 Å². The molecule has 0 atom stereocenters. The average molecular weight is 392 g/mol. The van der Waals surface area contributed by atoms with E-state index in [0.29, 0.717) is 17.0 Å². The van der Waals surface area contributed by atoms with E-state index in [-0.39, 0.29) is 17.3 Å². The molecular weight excluding hydrogens is 376 g/mol. The molecular formula is C18H16N8O3. The Morgan fingerprint density at radius 1 is 1.17 bits per heavy atom. The Balaban J connectivity index is 1.70. The van der Waals surface area contributed by atoms with E-state index in [4.69, 9.17) is 10.2 Å². The number of hydrogen-bond donors (Lipinski definition) is 2. The lowest BCUT2D eigenvalue weighted by molar-refractivity contribution is 0.0950. The van der Waals surface area contributed by atoms with E-state index in [0.717, 1.165) is 11.3 Å². The highest BCUT2D eigenvalue weighted by atomic mass is 16.6. The Kier molecular flexibility index (Phi) is 4.61. The van der Waals surface area contributed by atoms with Crippen LogP contribution in [0.5, 0.6) is 0 Å². The van der Waals surface area contributed by atoms with Crippen molar-refractivity contribution in [1.29, 1.82) is 0 Å². The van der Waals surface area contributed by atoms with Gasteiger partial charge >= 0.3 is 0 Å². The first-order valence-corrected chi connectivity index (χ1v) is 8.54. The molecule has 4 aromatic rings. The fourth-order valence-corrected chi connectivity index (χ4v) is 2.62. The number of furan rings is 1. The summed E-state index contributed by atoms with van der Waals surface area (Å²) in [6, 6.07) is 11.0. The van der Waals surface area contributed by atoms with Crippen LogP contribution in [0.4, 0.5) is 5.82 Å². The molecule has 0 aliphatic heterocycles. The molecule has 0 bridgehead atoms. The van der Waals surface area contributed by atoms with E-state index in [1.807, 2.05) is 38.1 Å². The van der Waals surface area contributed by atoms with Gasteiger partial charge in [-0.2, -0.15) is 9.78 Å². The first kappa shape index (κ1) is 18.1. The number of rotatable bonds is 5. The monoisotopic (exact) mass is 392 g/mol. The first-order chi connectivity index (χ1) is 14.0. The van der Waals surface area contributed by atoms with Crippen molar-refractivity contribution in [3.8, 4) is 17.1 Å². The summed E-state index contributed by atoms with van der Waals surface area (Å²) in [5, 5.41) is 19.2. The lowest BCUT2D eigenvalue weighted by Gasteiger charge is -2.06. The van der Waals surface area contributed by atoms with Crippen molar-refractivity contribution >= 4 is 17.9 Å². The highest BCUT2D eigenvalue weighted by Crippen LogP contribution is 2.26. The zero-order valence-electron chi connectivity index (χ0n) is 15.5. The fourth-order valence-electron chi connectivity index (χ4n) is 2.62. The van der Waals surface area contributed by atoms with Crippen LogP contribution in [0.3, 0.4) is 0 Å². The van der Waals surface area contributed by atoms with E-state index in [1.54, 1.807) is 12.1 Å². The number of carbonyl (C=O) groups excluding carboxylic acids is 1. The molecule has 146 valence electrons. The molecule has 0 saturated carbocycles. The quantitative estimate of drug-likeness (QED) is 0.386. The number of aryl methyl sites for hydroxylation is 2. The third kappa shape index (κ3) is 3.60. The lowest BCUT2D eigenvalue weighted by Crippen LogP contribution is -2.19. The molecule has 0 fully saturated rings. The molecule has 3 heterocycles. The normalized spacial score (nSPS) is 11.2. The highest BCUT2D eigenvalue weighted by molar-refractivity contribution is 5.98. The van der Waals surface area contributed by atoms with Crippen molar-refractivity contribution in [1.82, 2.24) is 30.7 Å². The maximum Gasteiger partial charge on any atom is 0.294 e. The number of nitrogens with zero attached hydrogens (tertiary/aromatic N) is 6. The molecule has 0 saturated heterocycles. The zero-order chi connectivity index (χ0) is 20.4. The molecule has 0 aliphatic rings. The average Bonchev–Trinajstić information content (AvgIpc) is 3.42. The Hall–Kier alpha value is -4.28. The van der Waals surface area contributed by atoms with Crippen molar-refractivity contribution in [2.24, 2.45) is 5.10 Å². The Morgan fingerprint density at radius 2 is 1.97 bits per heavy atom. The standard InChI is InChI=1S/C18H16N8O3/c1-10-3-6-12(7-4-10)15-14(21-25-26(15)17-16(19)23-29-24-17)18(27)22-20-9-13-8-5-11(2)28-13/h3-9H,1-2H3,(H2,19,23)(H,22,27). The van der Waals surface area contributed by atoms with E-state index in [9.17, 15) is 4.79 Å². The van der Waals surface area contributed by atoms with Gasteiger partial charge in [-0.1, -0.05) is 35.0 Å². The van der Waals surface area contributed by atoms with Crippen LogP contribution in [0.2, 0.25) is 0 Å². The molecule has 1 amide bonds. The fraction of sp³-hybridized carbons (Fsp3) is 0.111. The maximum atomic E-state index is 12.7. The van der Waals surface area contributed by atoms with Crippen LogP contribution in [-0.4, -0.2) is 37.4 Å². The molecule has 11 nitrogen and oxygen atoms in total. The lowest BCUT2D eigenvalue weighted by atomic mass is 10.1. The molecule has 0 radical (unpaired) electrons. The number of nitrogens with two attached hydrogens (primary N) is 1. The van der Waals surface area contributed by atoms with Crippen molar-refractivity contribution in [2.45, 2.75) is 13.8 Å². The van der Waals surface area contributed by atoms with Gasteiger partial charge in [0.1, 0.15) is 17.2 Å². The summed E-state index contributed by atoms with van der Waals surface area (Å²) in [7, 11) is 0. The number of carbonyl (C=O) groups is 1. The third-order valence-electron chi connectivity index (χ3n) is 4.03. The summed E-state index contributed by atoms with van der Waals surface area (Å²) < 4.78 is 11.3. The van der Waals surface area contributed by atoms with Gasteiger partial charge in [0.05, 0.1) is 6.21 Å². The summed E-state index contributed by atoms with van der Waals surface area (Å²) in [5.41, 5.74) is 10.3. The van der Waals surface area contributed by atoms with Crippen LogP contribution in [-0.2, 0) is 0 Å². The third-order valence-corrected chi connectivity index (χ3v) is 4.03. The van der Waals surface area contributed by atoms with Crippen LogP contribution in [0.1, 0.15) is 27.6 Å². The van der Waals surface area contributed by atoms with Crippen LogP contribution in [0, 0.1) is 13.8 Å². The number of hydrazone groups is 1. The summed E-state index contributed by atoms with van der Waals surface area (Å²) >= 11 is 0. The maximum absolute atomic E-state index is 12.7. The molecule has 4 rings (SSSR count). The second-order valence-corrected chi connectivity index (χ2v) is 6.19. The number of amides is 1. The van der Waals surface area contributed by atoms with E-state index in [1.165, 1.54) is 10.9 Å². The smallest absolute Gasteiger partial charge is 0.294 e. The van der Waals surface area contributed by atoms with Crippen molar-refractivity contribution in [3.63, 3.8) is 0 Å². The van der Waals surface area contributed by atoms with Crippen molar-refractivity contribution in [2.75, 3.05) is 5.73 Å². The first-order valence-electron chi connectivity index (χ1n) is 8.54. The van der Waals surface area contributed by atoms with E-state index < -0.39 is 5.91 Å². The number of nitrogens with one attached hydrogen (secondary N) is 1. The Labute approximate surface area is 164 Å². The zero-order valence-corrected chi connectivity index (χ0v) is 15.5. The summed E-state index contributed by atoms with van der Waals surface area (Å²) in [6.07, 6.45) is 1.39. The molecule has 3 N–H and O–H groups in total. The van der Waals surface area contributed by atoms with Crippen LogP contribution in [0.25, 0.3) is 17.1 Å². The van der Waals surface area contributed by atoms with Gasteiger partial charge in [-0.3, -0.25) is 4.79 Å². The van der Waals surface area contributed by atoms with Gasteiger partial charge in [0.15, 0.2) is 5.69 Å². The Bertz CT molecular complexity index is 1190. The second-order valence-electron chi connectivity index (χ2n) is 6.19. The molecule has 29 heavy (non-hydrogen) atoms. The topological polar surface area (TPSA) is 150 Å². The predicted molar refractivity (Wildman–Crippen MR) is 102 cm³/mol. The second kappa shape index (κ2) is 7.38. The van der Waals surface area contributed by atoms with Gasteiger partial charge in [-0.05, 0) is 36.3 Å². The minimum atomic E-state index is -0.568. The SMILES string of the molecule is Cc1ccc(-c2c(C(=O)NN=Cc3ccc(C)o3)nnn2-c2nonc2N)cc1. The molecule has 1 aromatic carbocycles. The summed E-state index contributed by atoms with van der Waals surface area (Å²) in [4.78, 5) is 12.7. The number of aromatic nitrogens is 5. The Morgan fingerprint density at radius 3 is 2.62 bits per heavy atom. The van der Waals surface area contributed by atoms with Gasteiger partial charge in [0.25, 0.3) is 5.91 Å². The number of benzene rings is 1. The van der Waals surface area contributed by atoms with Gasteiger partial charge < -0.3 is 10.2 Å². The number of nitrogen functional groups attached to an aromatic ring is 1. The molecule has 0 unspecified atom stereocenters. The molecule has 0 spiro atoms. The van der Waals surface area contributed by atoms with Gasteiger partial charge in [-0.25, -0.2) is 10.1 Å². The summed E-state index contributed by atoms with van der Waals surface area (Å²) in [5.74, 6) is 0.817. The van der Waals surface area contributed by atoms with E-state index >= 15 is 0 Å². The van der Waals surface area contributed by atoms with E-state index in [2.05, 4.69) is 35.8 Å². The van der Waals surface area contributed by atoms with Crippen molar-refractivity contribution in [3.05, 3.63) is 59.2 Å². The minimum absolute atomic E-state index is 0.0152. The molecule has 11 heteroatoms. The minimum Gasteiger partial charge on any atom is -0.460 e. The number of anilines is 1. The highest BCUT2D eigenvalue weighted by Gasteiger charge is 2.25. The molecule has 0 aliphatic carbocycles. The summed E-state index contributed by atoms with van der Waals surface area (Å²) in [6.45, 7) is 3.77. The van der Waals surface area contributed by atoms with Crippen molar-refractivity contribution < 1.29 is 13.8 Å². The van der Waals surface area contributed by atoms with Gasteiger partial charge in [-0.15, -0.1) is 5.10 Å². The predicted octanol–water partition coefficient (Wildman–Crippen LogP) is 1.87. The molecule has 3 aromatic heterocycles.